The highest BCUT2D eigenvalue weighted by Crippen LogP contribution is 2.24. The predicted molar refractivity (Wildman–Crippen MR) is 91.7 cm³/mol. The molecule has 0 aliphatic rings. The summed E-state index contributed by atoms with van der Waals surface area (Å²) in [4.78, 5) is 0.146. The first-order valence-electron chi connectivity index (χ1n) is 6.49. The fraction of sp³-hybridized carbons (Fsp3) is 0.200. The van der Waals surface area contributed by atoms with E-state index >= 15 is 0 Å². The molecular formula is C15H16INO3S. The van der Waals surface area contributed by atoms with Crippen molar-refractivity contribution in [2.75, 3.05) is 4.72 Å². The van der Waals surface area contributed by atoms with E-state index < -0.39 is 16.1 Å². The summed E-state index contributed by atoms with van der Waals surface area (Å²) in [6.07, 6.45) is -0.120. The van der Waals surface area contributed by atoms with Crippen LogP contribution >= 0.6 is 22.6 Å². The van der Waals surface area contributed by atoms with E-state index in [4.69, 9.17) is 0 Å². The van der Waals surface area contributed by atoms with Gasteiger partial charge in [0.1, 0.15) is 0 Å². The number of hydrogen-bond acceptors (Lipinski definition) is 3. The smallest absolute Gasteiger partial charge is 0.261 e. The van der Waals surface area contributed by atoms with Crippen molar-refractivity contribution in [1.82, 2.24) is 0 Å². The standard InChI is InChI=1S/C15H16INO3S/c1-2-15(18)11-6-5-7-12(10-11)21(19,20)17-14-9-4-3-8-13(14)16/h3-10,15,17-18H,2H2,1H3. The maximum atomic E-state index is 12.4. The third-order valence-electron chi connectivity index (χ3n) is 3.06. The van der Waals surface area contributed by atoms with Gasteiger partial charge in [-0.1, -0.05) is 31.2 Å². The molecule has 0 aromatic heterocycles. The summed E-state index contributed by atoms with van der Waals surface area (Å²) < 4.78 is 28.2. The molecule has 0 saturated heterocycles. The first-order chi connectivity index (χ1) is 9.94. The zero-order valence-electron chi connectivity index (χ0n) is 11.5. The van der Waals surface area contributed by atoms with Gasteiger partial charge in [0.2, 0.25) is 0 Å². The molecule has 1 atom stereocenters. The lowest BCUT2D eigenvalue weighted by Gasteiger charge is -2.12. The first kappa shape index (κ1) is 16.3. The second-order valence-electron chi connectivity index (χ2n) is 4.58. The molecule has 0 spiro atoms. The number of hydrogen-bond donors (Lipinski definition) is 2. The fourth-order valence-electron chi connectivity index (χ4n) is 1.87. The van der Waals surface area contributed by atoms with Crippen LogP contribution in [0.25, 0.3) is 0 Å². The van der Waals surface area contributed by atoms with Gasteiger partial charge in [0.25, 0.3) is 10.0 Å². The molecule has 112 valence electrons. The number of rotatable bonds is 5. The van der Waals surface area contributed by atoms with Crippen LogP contribution in [-0.4, -0.2) is 13.5 Å². The van der Waals surface area contributed by atoms with Crippen LogP contribution in [0.15, 0.2) is 53.4 Å². The molecule has 0 bridgehead atoms. The Morgan fingerprint density at radius 3 is 2.57 bits per heavy atom. The Kier molecular flexibility index (Phi) is 5.23. The van der Waals surface area contributed by atoms with Gasteiger partial charge in [0.15, 0.2) is 0 Å². The minimum atomic E-state index is -3.67. The number of halogens is 1. The second-order valence-corrected chi connectivity index (χ2v) is 7.43. The van der Waals surface area contributed by atoms with Crippen LogP contribution in [0.4, 0.5) is 5.69 Å². The molecule has 2 aromatic rings. The highest BCUT2D eigenvalue weighted by atomic mass is 127. The Balaban J connectivity index is 2.34. The van der Waals surface area contributed by atoms with Gasteiger partial charge in [0, 0.05) is 3.57 Å². The van der Waals surface area contributed by atoms with Crippen molar-refractivity contribution in [3.05, 3.63) is 57.7 Å². The average molecular weight is 417 g/mol. The van der Waals surface area contributed by atoms with Crippen LogP contribution < -0.4 is 4.72 Å². The molecule has 4 nitrogen and oxygen atoms in total. The van der Waals surface area contributed by atoms with Crippen LogP contribution in [0.2, 0.25) is 0 Å². The molecule has 21 heavy (non-hydrogen) atoms. The fourth-order valence-corrected chi connectivity index (χ4v) is 3.71. The lowest BCUT2D eigenvalue weighted by Crippen LogP contribution is -2.14. The number of para-hydroxylation sites is 1. The third-order valence-corrected chi connectivity index (χ3v) is 5.36. The Morgan fingerprint density at radius 2 is 1.90 bits per heavy atom. The summed E-state index contributed by atoms with van der Waals surface area (Å²) in [7, 11) is -3.67. The molecule has 6 heteroatoms. The highest BCUT2D eigenvalue weighted by molar-refractivity contribution is 14.1. The molecule has 0 radical (unpaired) electrons. The van der Waals surface area contributed by atoms with E-state index in [9.17, 15) is 13.5 Å². The summed E-state index contributed by atoms with van der Waals surface area (Å²) >= 11 is 2.08. The van der Waals surface area contributed by atoms with E-state index in [1.165, 1.54) is 12.1 Å². The molecule has 0 heterocycles. The van der Waals surface area contributed by atoms with Gasteiger partial charge in [-0.2, -0.15) is 0 Å². The van der Waals surface area contributed by atoms with E-state index in [0.29, 0.717) is 17.7 Å². The van der Waals surface area contributed by atoms with Crippen LogP contribution in [0.1, 0.15) is 25.0 Å². The maximum Gasteiger partial charge on any atom is 0.261 e. The van der Waals surface area contributed by atoms with Crippen molar-refractivity contribution >= 4 is 38.3 Å². The van der Waals surface area contributed by atoms with Gasteiger partial charge >= 0.3 is 0 Å². The zero-order chi connectivity index (χ0) is 15.5. The number of aliphatic hydroxyl groups excluding tert-OH is 1. The third kappa shape index (κ3) is 3.96. The van der Waals surface area contributed by atoms with Crippen molar-refractivity contribution in [3.63, 3.8) is 0 Å². The molecule has 0 fully saturated rings. The van der Waals surface area contributed by atoms with Gasteiger partial charge in [-0.25, -0.2) is 8.42 Å². The molecule has 0 aliphatic carbocycles. The van der Waals surface area contributed by atoms with Crippen molar-refractivity contribution in [3.8, 4) is 0 Å². The minimum Gasteiger partial charge on any atom is -0.388 e. The topological polar surface area (TPSA) is 66.4 Å². The van der Waals surface area contributed by atoms with Gasteiger partial charge in [0.05, 0.1) is 16.7 Å². The molecule has 1 unspecified atom stereocenters. The summed E-state index contributed by atoms with van der Waals surface area (Å²) in [6, 6.07) is 13.5. The van der Waals surface area contributed by atoms with Gasteiger partial charge in [-0.3, -0.25) is 4.72 Å². The van der Waals surface area contributed by atoms with Crippen LogP contribution in [0, 0.1) is 3.57 Å². The highest BCUT2D eigenvalue weighted by Gasteiger charge is 2.17. The molecule has 0 aliphatic heterocycles. The Labute approximate surface area is 138 Å². The van der Waals surface area contributed by atoms with E-state index in [0.717, 1.165) is 3.57 Å². The molecule has 2 rings (SSSR count). The molecule has 0 saturated carbocycles. The number of sulfonamides is 1. The SMILES string of the molecule is CCC(O)c1cccc(S(=O)(=O)Nc2ccccc2I)c1. The first-order valence-corrected chi connectivity index (χ1v) is 9.05. The molecular weight excluding hydrogens is 401 g/mol. The van der Waals surface area contributed by atoms with Gasteiger partial charge in [-0.05, 0) is 58.8 Å². The maximum absolute atomic E-state index is 12.4. The summed E-state index contributed by atoms with van der Waals surface area (Å²) in [5.74, 6) is 0. The van der Waals surface area contributed by atoms with Crippen molar-refractivity contribution < 1.29 is 13.5 Å². The lowest BCUT2D eigenvalue weighted by atomic mass is 10.1. The number of anilines is 1. The number of nitrogens with one attached hydrogen (secondary N) is 1. The van der Waals surface area contributed by atoms with Crippen molar-refractivity contribution in [1.29, 1.82) is 0 Å². The van der Waals surface area contributed by atoms with E-state index in [2.05, 4.69) is 27.3 Å². The van der Waals surface area contributed by atoms with Crippen LogP contribution in [0.5, 0.6) is 0 Å². The van der Waals surface area contributed by atoms with Crippen molar-refractivity contribution in [2.45, 2.75) is 24.3 Å². The average Bonchev–Trinajstić information content (AvgIpc) is 2.49. The van der Waals surface area contributed by atoms with Gasteiger partial charge in [-0.15, -0.1) is 0 Å². The monoisotopic (exact) mass is 417 g/mol. The Morgan fingerprint density at radius 1 is 1.19 bits per heavy atom. The Bertz CT molecular complexity index is 731. The summed E-state index contributed by atoms with van der Waals surface area (Å²) in [6.45, 7) is 1.84. The predicted octanol–water partition coefficient (Wildman–Crippen LogP) is 3.54. The molecule has 2 N–H and O–H groups in total. The quantitative estimate of drug-likeness (QED) is 0.732. The summed E-state index contributed by atoms with van der Waals surface area (Å²) in [5.41, 5.74) is 1.14. The Hall–Kier alpha value is -1.12. The second kappa shape index (κ2) is 6.76. The number of aliphatic hydroxyl groups is 1. The molecule has 2 aromatic carbocycles. The van der Waals surface area contributed by atoms with Crippen LogP contribution in [0.3, 0.4) is 0 Å². The number of benzene rings is 2. The van der Waals surface area contributed by atoms with Crippen molar-refractivity contribution in [2.24, 2.45) is 0 Å². The minimum absolute atomic E-state index is 0.146. The van der Waals surface area contributed by atoms with Gasteiger partial charge < -0.3 is 5.11 Å². The van der Waals surface area contributed by atoms with E-state index in [1.807, 2.05) is 19.1 Å². The zero-order valence-corrected chi connectivity index (χ0v) is 14.4. The lowest BCUT2D eigenvalue weighted by molar-refractivity contribution is 0.173. The molecule has 0 amide bonds. The van der Waals surface area contributed by atoms with E-state index in [-0.39, 0.29) is 4.90 Å². The largest absolute Gasteiger partial charge is 0.388 e. The van der Waals surface area contributed by atoms with E-state index in [1.54, 1.807) is 24.3 Å². The normalized spacial score (nSPS) is 12.9. The van der Waals surface area contributed by atoms with Crippen LogP contribution in [-0.2, 0) is 10.0 Å². The summed E-state index contributed by atoms with van der Waals surface area (Å²) in [5, 5.41) is 9.84.